The summed E-state index contributed by atoms with van der Waals surface area (Å²) in [7, 11) is 0. The molecule has 4 aromatic rings. The number of benzene rings is 1. The van der Waals surface area contributed by atoms with Gasteiger partial charge in [-0.1, -0.05) is 42.0 Å². The highest BCUT2D eigenvalue weighted by atomic mass is 16.5. The molecule has 0 N–H and O–H groups in total. The summed E-state index contributed by atoms with van der Waals surface area (Å²) in [5.74, 6) is -0.297. The minimum Gasteiger partial charge on any atom is -0.463 e. The van der Waals surface area contributed by atoms with Crippen LogP contribution in [0.15, 0.2) is 83.3 Å². The fraction of sp³-hybridized carbons (Fsp3) is 0.259. The van der Waals surface area contributed by atoms with E-state index in [2.05, 4.69) is 0 Å². The molecule has 172 valence electrons. The fourth-order valence-electron chi connectivity index (χ4n) is 4.58. The van der Waals surface area contributed by atoms with E-state index in [0.717, 1.165) is 53.6 Å². The lowest BCUT2D eigenvalue weighted by atomic mass is 9.90. The zero-order chi connectivity index (χ0) is 23.5. The first kappa shape index (κ1) is 21.8. The summed E-state index contributed by atoms with van der Waals surface area (Å²) in [6, 6.07) is 19.3. The van der Waals surface area contributed by atoms with Crippen molar-refractivity contribution in [2.75, 3.05) is 6.61 Å². The van der Waals surface area contributed by atoms with Gasteiger partial charge >= 0.3 is 5.97 Å². The first-order valence-corrected chi connectivity index (χ1v) is 11.6. The van der Waals surface area contributed by atoms with Crippen LogP contribution < -0.4 is 5.56 Å². The molecule has 1 saturated carbocycles. The minimum absolute atomic E-state index is 0.0196. The van der Waals surface area contributed by atoms with E-state index in [1.807, 2.05) is 59.2 Å². The molecule has 7 heteroatoms. The molecule has 0 atom stereocenters. The van der Waals surface area contributed by atoms with E-state index in [1.54, 1.807) is 29.8 Å². The third kappa shape index (κ3) is 4.29. The van der Waals surface area contributed by atoms with Crippen LogP contribution >= 0.6 is 0 Å². The van der Waals surface area contributed by atoms with E-state index >= 15 is 0 Å². The standard InChI is InChI=1S/C27H26N4O3/c1-2-34-25(33)18-19-11-13-21(14-12-19)31-24(32)16-15-22(28-31)26-23-10-6-7-17-30(23)29-27(26)20-8-4-3-5-9-20/h3-10,15-18,21H,2,11-14H2,1H3. The third-order valence-corrected chi connectivity index (χ3v) is 6.22. The Morgan fingerprint density at radius 3 is 2.56 bits per heavy atom. The second kappa shape index (κ2) is 9.47. The number of hydrogen-bond donors (Lipinski definition) is 0. The van der Waals surface area contributed by atoms with Crippen molar-refractivity contribution >= 4 is 11.5 Å². The summed E-state index contributed by atoms with van der Waals surface area (Å²) in [6.07, 6.45) is 6.50. The Balaban J connectivity index is 1.51. The predicted octanol–water partition coefficient (Wildman–Crippen LogP) is 4.83. The smallest absolute Gasteiger partial charge is 0.330 e. The van der Waals surface area contributed by atoms with Gasteiger partial charge in [0.2, 0.25) is 0 Å². The topological polar surface area (TPSA) is 78.5 Å². The maximum atomic E-state index is 12.8. The zero-order valence-electron chi connectivity index (χ0n) is 19.1. The van der Waals surface area contributed by atoms with Crippen LogP contribution in [0.3, 0.4) is 0 Å². The Bertz CT molecular complexity index is 1410. The van der Waals surface area contributed by atoms with E-state index < -0.39 is 0 Å². The molecule has 1 aliphatic rings. The molecule has 7 nitrogen and oxygen atoms in total. The lowest BCUT2D eigenvalue weighted by Gasteiger charge is -2.25. The molecule has 0 saturated heterocycles. The van der Waals surface area contributed by atoms with Crippen LogP contribution in [0, 0.1) is 0 Å². The molecule has 0 amide bonds. The van der Waals surface area contributed by atoms with Crippen molar-refractivity contribution in [1.29, 1.82) is 0 Å². The number of nitrogens with zero attached hydrogens (tertiary/aromatic N) is 4. The maximum absolute atomic E-state index is 12.8. The van der Waals surface area contributed by atoms with Gasteiger partial charge in [-0.15, -0.1) is 0 Å². The molecule has 0 bridgehead atoms. The largest absolute Gasteiger partial charge is 0.463 e. The first-order valence-electron chi connectivity index (χ1n) is 11.6. The van der Waals surface area contributed by atoms with Gasteiger partial charge in [0.05, 0.1) is 29.4 Å². The van der Waals surface area contributed by atoms with Crippen molar-refractivity contribution < 1.29 is 9.53 Å². The molecule has 1 aromatic carbocycles. The zero-order valence-corrected chi connectivity index (χ0v) is 19.1. The highest BCUT2D eigenvalue weighted by molar-refractivity contribution is 5.90. The summed E-state index contributed by atoms with van der Waals surface area (Å²) in [4.78, 5) is 24.6. The Kier molecular flexibility index (Phi) is 6.08. The van der Waals surface area contributed by atoms with Crippen LogP contribution in [-0.2, 0) is 9.53 Å². The fourth-order valence-corrected chi connectivity index (χ4v) is 4.58. The number of ether oxygens (including phenoxy) is 1. The summed E-state index contributed by atoms with van der Waals surface area (Å²) in [6.45, 7) is 2.16. The van der Waals surface area contributed by atoms with E-state index in [4.69, 9.17) is 14.9 Å². The van der Waals surface area contributed by atoms with Gasteiger partial charge in [-0.05, 0) is 50.8 Å². The summed E-state index contributed by atoms with van der Waals surface area (Å²) in [5, 5.41) is 9.64. The van der Waals surface area contributed by atoms with Crippen LogP contribution in [-0.4, -0.2) is 32.0 Å². The van der Waals surface area contributed by atoms with E-state index in [1.165, 1.54) is 0 Å². The lowest BCUT2D eigenvalue weighted by molar-refractivity contribution is -0.137. The highest BCUT2D eigenvalue weighted by Crippen LogP contribution is 2.35. The molecule has 0 radical (unpaired) electrons. The van der Waals surface area contributed by atoms with Crippen molar-refractivity contribution in [3.63, 3.8) is 0 Å². The minimum atomic E-state index is -0.297. The molecule has 5 rings (SSSR count). The van der Waals surface area contributed by atoms with Gasteiger partial charge in [-0.3, -0.25) is 4.79 Å². The number of rotatable bonds is 5. The van der Waals surface area contributed by atoms with Crippen molar-refractivity contribution in [2.24, 2.45) is 0 Å². The number of pyridine rings is 1. The molecule has 0 aliphatic heterocycles. The van der Waals surface area contributed by atoms with Gasteiger partial charge in [-0.25, -0.2) is 14.0 Å². The Hall–Kier alpha value is -4.00. The molecule has 34 heavy (non-hydrogen) atoms. The number of hydrogen-bond acceptors (Lipinski definition) is 5. The quantitative estimate of drug-likeness (QED) is 0.319. The number of allylic oxidation sites excluding steroid dienone is 1. The van der Waals surface area contributed by atoms with Gasteiger partial charge < -0.3 is 4.74 Å². The van der Waals surface area contributed by atoms with Crippen molar-refractivity contribution in [2.45, 2.75) is 38.6 Å². The lowest BCUT2D eigenvalue weighted by Crippen LogP contribution is -2.28. The average molecular weight is 455 g/mol. The summed E-state index contributed by atoms with van der Waals surface area (Å²) < 4.78 is 8.48. The van der Waals surface area contributed by atoms with Gasteiger partial charge in [-0.2, -0.15) is 10.2 Å². The summed E-state index contributed by atoms with van der Waals surface area (Å²) >= 11 is 0. The Labute approximate surface area is 197 Å². The molecule has 1 fully saturated rings. The van der Waals surface area contributed by atoms with E-state index in [-0.39, 0.29) is 17.6 Å². The highest BCUT2D eigenvalue weighted by Gasteiger charge is 2.23. The second-order valence-corrected chi connectivity index (χ2v) is 8.41. The average Bonchev–Trinajstić information content (AvgIpc) is 3.25. The van der Waals surface area contributed by atoms with Crippen LogP contribution in [0.2, 0.25) is 0 Å². The number of carbonyl (C=O) groups excluding carboxylic acids is 1. The second-order valence-electron chi connectivity index (χ2n) is 8.41. The number of esters is 1. The molecular weight excluding hydrogens is 428 g/mol. The monoisotopic (exact) mass is 454 g/mol. The molecule has 3 aromatic heterocycles. The number of fused-ring (bicyclic) bond motifs is 1. The maximum Gasteiger partial charge on any atom is 0.330 e. The summed E-state index contributed by atoms with van der Waals surface area (Å²) in [5.41, 5.74) is 5.31. The Morgan fingerprint density at radius 2 is 1.79 bits per heavy atom. The first-order chi connectivity index (χ1) is 16.6. The van der Waals surface area contributed by atoms with Crippen molar-refractivity contribution in [3.05, 3.63) is 88.9 Å². The van der Waals surface area contributed by atoms with Gasteiger partial charge in [0.25, 0.3) is 5.56 Å². The third-order valence-electron chi connectivity index (χ3n) is 6.22. The Morgan fingerprint density at radius 1 is 1.03 bits per heavy atom. The predicted molar refractivity (Wildman–Crippen MR) is 130 cm³/mol. The van der Waals surface area contributed by atoms with Crippen LogP contribution in [0.5, 0.6) is 0 Å². The van der Waals surface area contributed by atoms with Gasteiger partial charge in [0.1, 0.15) is 5.69 Å². The molecule has 0 unspecified atom stereocenters. The molecular formula is C27H26N4O3. The number of aromatic nitrogens is 4. The van der Waals surface area contributed by atoms with Crippen LogP contribution in [0.4, 0.5) is 0 Å². The molecule has 3 heterocycles. The molecule has 1 aliphatic carbocycles. The van der Waals surface area contributed by atoms with Crippen LogP contribution in [0.25, 0.3) is 28.0 Å². The van der Waals surface area contributed by atoms with Crippen LogP contribution in [0.1, 0.15) is 38.6 Å². The SMILES string of the molecule is CCOC(=O)C=C1CCC(n2nc(-c3c(-c4ccccc4)nn4ccccc34)ccc2=O)CC1. The van der Waals surface area contributed by atoms with Gasteiger partial charge in [0.15, 0.2) is 0 Å². The number of carbonyl (C=O) groups is 1. The normalized spacial score (nSPS) is 15.9. The molecule has 0 spiro atoms. The van der Waals surface area contributed by atoms with E-state index in [9.17, 15) is 9.59 Å². The van der Waals surface area contributed by atoms with E-state index in [0.29, 0.717) is 12.3 Å². The van der Waals surface area contributed by atoms with Gasteiger partial charge in [0, 0.05) is 23.9 Å². The van der Waals surface area contributed by atoms with Crippen molar-refractivity contribution in [3.8, 4) is 22.5 Å². The van der Waals surface area contributed by atoms with Crippen molar-refractivity contribution in [1.82, 2.24) is 19.4 Å².